The summed E-state index contributed by atoms with van der Waals surface area (Å²) in [5.41, 5.74) is 0.357. The number of thiazole rings is 1. The van der Waals surface area contributed by atoms with Gasteiger partial charge >= 0.3 is 5.97 Å². The molecule has 0 saturated heterocycles. The Morgan fingerprint density at radius 3 is 2.82 bits per heavy atom. The molecule has 22 heavy (non-hydrogen) atoms. The van der Waals surface area contributed by atoms with Gasteiger partial charge in [-0.15, -0.1) is 11.3 Å². The molecule has 0 atom stereocenters. The molecule has 2 rings (SSSR count). The van der Waals surface area contributed by atoms with Crippen molar-refractivity contribution < 1.29 is 19.1 Å². The fourth-order valence-electron chi connectivity index (χ4n) is 1.87. The topological polar surface area (TPSA) is 79.3 Å². The predicted molar refractivity (Wildman–Crippen MR) is 81.8 cm³/mol. The van der Waals surface area contributed by atoms with E-state index in [1.54, 1.807) is 0 Å². The molecule has 5 nitrogen and oxygen atoms in total. The van der Waals surface area contributed by atoms with Gasteiger partial charge in [-0.05, 0) is 30.5 Å². The smallest absolute Gasteiger partial charge is 0.307 e. The van der Waals surface area contributed by atoms with Gasteiger partial charge in [-0.3, -0.25) is 9.59 Å². The van der Waals surface area contributed by atoms with Gasteiger partial charge < -0.3 is 10.4 Å². The second-order valence-corrected chi connectivity index (χ2v) is 5.81. The van der Waals surface area contributed by atoms with Crippen molar-refractivity contribution in [2.45, 2.75) is 26.2 Å². The summed E-state index contributed by atoms with van der Waals surface area (Å²) in [7, 11) is 0. The van der Waals surface area contributed by atoms with E-state index in [1.807, 2.05) is 6.92 Å². The van der Waals surface area contributed by atoms with Crippen LogP contribution in [0.4, 0.5) is 10.1 Å². The molecule has 1 aromatic heterocycles. The molecule has 0 aliphatic heterocycles. The molecule has 0 spiro atoms. The highest BCUT2D eigenvalue weighted by atomic mass is 32.1. The second kappa shape index (κ2) is 7.13. The molecule has 1 amide bonds. The Morgan fingerprint density at radius 2 is 2.18 bits per heavy atom. The molecule has 0 radical (unpaired) electrons. The predicted octanol–water partition coefficient (Wildman–Crippen LogP) is 3.11. The highest BCUT2D eigenvalue weighted by Gasteiger charge is 2.12. The van der Waals surface area contributed by atoms with E-state index >= 15 is 0 Å². The summed E-state index contributed by atoms with van der Waals surface area (Å²) in [4.78, 5) is 27.2. The van der Waals surface area contributed by atoms with Gasteiger partial charge in [0, 0.05) is 5.69 Å². The zero-order valence-corrected chi connectivity index (χ0v) is 12.7. The Kier molecular flexibility index (Phi) is 5.21. The molecule has 2 aromatic rings. The van der Waals surface area contributed by atoms with Crippen molar-refractivity contribution >= 4 is 28.9 Å². The lowest BCUT2D eigenvalue weighted by Gasteiger charge is -2.06. The number of aryl methyl sites for hydroxylation is 1. The van der Waals surface area contributed by atoms with Gasteiger partial charge in [0.15, 0.2) is 0 Å². The lowest BCUT2D eigenvalue weighted by molar-refractivity contribution is -0.136. The molecule has 0 aliphatic carbocycles. The van der Waals surface area contributed by atoms with Gasteiger partial charge in [0.1, 0.15) is 10.7 Å². The number of carbonyl (C=O) groups is 2. The number of nitrogens with zero attached hydrogens (tertiary/aromatic N) is 1. The van der Waals surface area contributed by atoms with Crippen molar-refractivity contribution in [2.75, 3.05) is 5.32 Å². The first kappa shape index (κ1) is 16.1. The Balaban J connectivity index is 2.07. The lowest BCUT2D eigenvalue weighted by atomic mass is 10.1. The number of halogens is 1. The van der Waals surface area contributed by atoms with Crippen LogP contribution < -0.4 is 5.32 Å². The molecule has 0 fully saturated rings. The fraction of sp³-hybridized carbons (Fsp3) is 0.267. The number of carboxylic acids is 1. The van der Waals surface area contributed by atoms with Crippen molar-refractivity contribution in [3.8, 4) is 0 Å². The number of hydrogen-bond acceptors (Lipinski definition) is 4. The maximum Gasteiger partial charge on any atom is 0.307 e. The average molecular weight is 322 g/mol. The molecule has 7 heteroatoms. The molecule has 1 heterocycles. The van der Waals surface area contributed by atoms with Crippen LogP contribution in [0.2, 0.25) is 0 Å². The maximum absolute atomic E-state index is 13.7. The average Bonchev–Trinajstić information content (AvgIpc) is 2.91. The van der Waals surface area contributed by atoms with Crippen molar-refractivity contribution in [1.29, 1.82) is 0 Å². The molecule has 0 unspecified atom stereocenters. The first-order valence-corrected chi connectivity index (χ1v) is 7.57. The van der Waals surface area contributed by atoms with Crippen LogP contribution in [0.25, 0.3) is 0 Å². The van der Waals surface area contributed by atoms with Crippen LogP contribution in [-0.4, -0.2) is 22.0 Å². The third kappa shape index (κ3) is 4.11. The Labute approximate surface area is 130 Å². The van der Waals surface area contributed by atoms with Gasteiger partial charge in [-0.2, -0.15) is 0 Å². The van der Waals surface area contributed by atoms with Crippen LogP contribution in [-0.2, 0) is 17.6 Å². The SMILES string of the molecule is CCCc1ncc(C(=O)Nc2ccc(CC(=O)O)c(F)c2)s1. The van der Waals surface area contributed by atoms with Gasteiger partial charge in [-0.1, -0.05) is 13.0 Å². The monoisotopic (exact) mass is 322 g/mol. The number of carbonyl (C=O) groups excluding carboxylic acids is 1. The van der Waals surface area contributed by atoms with E-state index in [4.69, 9.17) is 5.11 Å². The Hall–Kier alpha value is -2.28. The molecule has 0 saturated carbocycles. The van der Waals surface area contributed by atoms with Crippen molar-refractivity contribution in [3.63, 3.8) is 0 Å². The molecule has 0 bridgehead atoms. The Morgan fingerprint density at radius 1 is 1.41 bits per heavy atom. The third-order valence-corrected chi connectivity index (χ3v) is 3.95. The lowest BCUT2D eigenvalue weighted by Crippen LogP contribution is -2.11. The third-order valence-electron chi connectivity index (χ3n) is 2.89. The number of rotatable bonds is 6. The molecular weight excluding hydrogens is 307 g/mol. The number of aliphatic carboxylic acids is 1. The van der Waals surface area contributed by atoms with E-state index in [1.165, 1.54) is 29.7 Å². The zero-order valence-electron chi connectivity index (χ0n) is 11.9. The highest BCUT2D eigenvalue weighted by Crippen LogP contribution is 2.19. The summed E-state index contributed by atoms with van der Waals surface area (Å²) in [5.74, 6) is -2.12. The minimum Gasteiger partial charge on any atom is -0.481 e. The number of benzene rings is 1. The van der Waals surface area contributed by atoms with Gasteiger partial charge in [0.05, 0.1) is 17.6 Å². The molecule has 0 aliphatic rings. The fourth-order valence-corrected chi connectivity index (χ4v) is 2.78. The number of nitrogens with one attached hydrogen (secondary N) is 1. The zero-order chi connectivity index (χ0) is 16.1. The van der Waals surface area contributed by atoms with Crippen LogP contribution in [0.15, 0.2) is 24.4 Å². The quantitative estimate of drug-likeness (QED) is 0.856. The summed E-state index contributed by atoms with van der Waals surface area (Å²) in [6.07, 6.45) is 2.87. The van der Waals surface area contributed by atoms with Crippen molar-refractivity contribution in [2.24, 2.45) is 0 Å². The van der Waals surface area contributed by atoms with Crippen molar-refractivity contribution in [1.82, 2.24) is 4.98 Å². The number of anilines is 1. The molecule has 116 valence electrons. The summed E-state index contributed by atoms with van der Waals surface area (Å²) in [5, 5.41) is 12.1. The van der Waals surface area contributed by atoms with Crippen molar-refractivity contribution in [3.05, 3.63) is 45.7 Å². The van der Waals surface area contributed by atoms with E-state index < -0.39 is 18.2 Å². The van der Waals surface area contributed by atoms with E-state index in [0.29, 0.717) is 4.88 Å². The summed E-state index contributed by atoms with van der Waals surface area (Å²) in [6, 6.07) is 3.95. The van der Waals surface area contributed by atoms with Crippen LogP contribution in [0.3, 0.4) is 0 Å². The number of aromatic nitrogens is 1. The summed E-state index contributed by atoms with van der Waals surface area (Å²) < 4.78 is 13.7. The first-order valence-electron chi connectivity index (χ1n) is 6.76. The van der Waals surface area contributed by atoms with Crippen LogP contribution in [0, 0.1) is 5.82 Å². The normalized spacial score (nSPS) is 10.5. The number of hydrogen-bond donors (Lipinski definition) is 2. The standard InChI is InChI=1S/C15H15FN2O3S/c1-2-3-13-17-8-12(22-13)15(21)18-10-5-4-9(6-14(19)20)11(16)7-10/h4-5,7-8H,2-3,6H2,1H3,(H,18,21)(H,19,20). The van der Waals surface area contributed by atoms with Crippen LogP contribution >= 0.6 is 11.3 Å². The van der Waals surface area contributed by atoms with Gasteiger partial charge in [0.25, 0.3) is 5.91 Å². The summed E-state index contributed by atoms with van der Waals surface area (Å²) in [6.45, 7) is 2.03. The van der Waals surface area contributed by atoms with Gasteiger partial charge in [-0.25, -0.2) is 9.37 Å². The molecule has 2 N–H and O–H groups in total. The van der Waals surface area contributed by atoms with Crippen LogP contribution in [0.1, 0.15) is 33.6 Å². The molecular formula is C15H15FN2O3S. The maximum atomic E-state index is 13.7. The van der Waals surface area contributed by atoms with E-state index in [0.717, 1.165) is 23.9 Å². The first-order chi connectivity index (χ1) is 10.5. The Bertz CT molecular complexity index is 700. The van der Waals surface area contributed by atoms with E-state index in [2.05, 4.69) is 10.3 Å². The molecule has 1 aromatic carbocycles. The highest BCUT2D eigenvalue weighted by molar-refractivity contribution is 7.13. The number of amides is 1. The number of carboxylic acid groups (broad SMARTS) is 1. The van der Waals surface area contributed by atoms with Crippen LogP contribution in [0.5, 0.6) is 0 Å². The van der Waals surface area contributed by atoms with Gasteiger partial charge in [0.2, 0.25) is 0 Å². The summed E-state index contributed by atoms with van der Waals surface area (Å²) >= 11 is 1.31. The minimum absolute atomic E-state index is 0.0773. The largest absolute Gasteiger partial charge is 0.481 e. The second-order valence-electron chi connectivity index (χ2n) is 4.70. The minimum atomic E-state index is -1.11. The van der Waals surface area contributed by atoms with E-state index in [-0.39, 0.29) is 17.2 Å². The van der Waals surface area contributed by atoms with E-state index in [9.17, 15) is 14.0 Å².